The lowest BCUT2D eigenvalue weighted by molar-refractivity contribution is -0.128. The summed E-state index contributed by atoms with van der Waals surface area (Å²) < 4.78 is 43.5. The summed E-state index contributed by atoms with van der Waals surface area (Å²) in [5, 5.41) is 0. The van der Waals surface area contributed by atoms with Crippen molar-refractivity contribution in [1.29, 1.82) is 0 Å². The first-order chi connectivity index (χ1) is 14.7. The largest absolute Gasteiger partial charge is 0.342 e. The Morgan fingerprint density at radius 2 is 1.87 bits per heavy atom. The van der Waals surface area contributed by atoms with E-state index in [0.29, 0.717) is 42.8 Å². The maximum Gasteiger partial charge on any atom is 0.240 e. The topological polar surface area (TPSA) is 84.3 Å². The number of aryl methyl sites for hydroxylation is 1. The zero-order chi connectivity index (χ0) is 22.2. The molecule has 0 saturated carbocycles. The van der Waals surface area contributed by atoms with Gasteiger partial charge in [0, 0.05) is 40.0 Å². The minimum Gasteiger partial charge on any atom is -0.342 e. The van der Waals surface area contributed by atoms with E-state index in [1.54, 1.807) is 41.6 Å². The van der Waals surface area contributed by atoms with Crippen molar-refractivity contribution in [2.24, 2.45) is 7.05 Å². The monoisotopic (exact) mass is 444 g/mol. The van der Waals surface area contributed by atoms with Crippen LogP contribution in [-0.4, -0.2) is 48.4 Å². The Labute approximate surface area is 180 Å². The van der Waals surface area contributed by atoms with Crippen molar-refractivity contribution in [2.45, 2.75) is 31.1 Å². The molecule has 1 aromatic heterocycles. The lowest BCUT2D eigenvalue weighted by atomic mass is 10.0. The third-order valence-electron chi connectivity index (χ3n) is 5.81. The molecule has 3 aromatic rings. The minimum atomic E-state index is -3.68. The van der Waals surface area contributed by atoms with Gasteiger partial charge in [0.15, 0.2) is 0 Å². The van der Waals surface area contributed by atoms with Gasteiger partial charge in [-0.15, -0.1) is 0 Å². The smallest absolute Gasteiger partial charge is 0.240 e. The molecule has 2 aromatic carbocycles. The van der Waals surface area contributed by atoms with E-state index in [1.165, 1.54) is 12.1 Å². The minimum absolute atomic E-state index is 0.0343. The van der Waals surface area contributed by atoms with Crippen LogP contribution >= 0.6 is 0 Å². The Morgan fingerprint density at radius 3 is 2.61 bits per heavy atom. The van der Waals surface area contributed by atoms with Crippen LogP contribution < -0.4 is 4.72 Å². The quantitative estimate of drug-likeness (QED) is 0.654. The van der Waals surface area contributed by atoms with Crippen molar-refractivity contribution >= 4 is 27.0 Å². The molecule has 0 aliphatic carbocycles. The first kappa shape index (κ1) is 21.5. The van der Waals surface area contributed by atoms with Crippen molar-refractivity contribution in [1.82, 2.24) is 19.2 Å². The van der Waals surface area contributed by atoms with Crippen LogP contribution in [0.4, 0.5) is 4.39 Å². The van der Waals surface area contributed by atoms with Gasteiger partial charge in [0.05, 0.1) is 15.9 Å². The number of rotatable bonds is 5. The molecule has 0 spiro atoms. The van der Waals surface area contributed by atoms with Crippen molar-refractivity contribution in [3.05, 3.63) is 59.2 Å². The number of hydrogen-bond donors (Lipinski definition) is 1. The summed E-state index contributed by atoms with van der Waals surface area (Å²) in [6.45, 7) is 2.97. The van der Waals surface area contributed by atoms with Crippen LogP contribution in [0.25, 0.3) is 11.0 Å². The Morgan fingerprint density at radius 1 is 1.13 bits per heavy atom. The number of nitrogens with zero attached hydrogens (tertiary/aromatic N) is 3. The summed E-state index contributed by atoms with van der Waals surface area (Å²) >= 11 is 0. The maximum atomic E-state index is 13.5. The number of fused-ring (bicyclic) bond motifs is 2. The molecule has 31 heavy (non-hydrogen) atoms. The van der Waals surface area contributed by atoms with Crippen molar-refractivity contribution < 1.29 is 17.6 Å². The molecule has 0 radical (unpaired) electrons. The Bertz CT molecular complexity index is 1250. The molecule has 0 bridgehead atoms. The summed E-state index contributed by atoms with van der Waals surface area (Å²) in [4.78, 5) is 18.1. The average Bonchev–Trinajstić information content (AvgIpc) is 2.90. The molecular weight excluding hydrogens is 419 g/mol. The number of sulfonamides is 1. The van der Waals surface area contributed by atoms with Gasteiger partial charge in [-0.05, 0) is 54.3 Å². The first-order valence-electron chi connectivity index (χ1n) is 10.2. The van der Waals surface area contributed by atoms with Crippen LogP contribution in [0.2, 0.25) is 0 Å². The van der Waals surface area contributed by atoms with Crippen molar-refractivity contribution in [3.63, 3.8) is 0 Å². The lowest BCUT2D eigenvalue weighted by Crippen LogP contribution is -2.30. The van der Waals surface area contributed by atoms with E-state index in [9.17, 15) is 17.6 Å². The van der Waals surface area contributed by atoms with Crippen molar-refractivity contribution in [3.8, 4) is 0 Å². The van der Waals surface area contributed by atoms with E-state index in [-0.39, 0.29) is 23.2 Å². The fraction of sp³-hybridized carbons (Fsp3) is 0.364. The summed E-state index contributed by atoms with van der Waals surface area (Å²) in [6, 6.07) is 9.55. The highest BCUT2D eigenvalue weighted by Gasteiger charge is 2.20. The molecule has 0 saturated heterocycles. The van der Waals surface area contributed by atoms with Gasteiger partial charge >= 0.3 is 0 Å². The number of nitrogens with one attached hydrogen (secondary N) is 1. The highest BCUT2D eigenvalue weighted by Crippen LogP contribution is 2.21. The van der Waals surface area contributed by atoms with Gasteiger partial charge in [-0.2, -0.15) is 0 Å². The number of halogens is 1. The van der Waals surface area contributed by atoms with Crippen LogP contribution in [0, 0.1) is 5.82 Å². The normalized spacial score (nSPS) is 14.5. The highest BCUT2D eigenvalue weighted by molar-refractivity contribution is 7.89. The molecule has 0 unspecified atom stereocenters. The molecule has 9 heteroatoms. The van der Waals surface area contributed by atoms with Crippen LogP contribution in [0.3, 0.4) is 0 Å². The number of aromatic nitrogens is 2. The van der Waals surface area contributed by atoms with Crippen LogP contribution in [0.1, 0.15) is 23.9 Å². The SMILES string of the molecule is CC(=O)N1CCc2ccc(S(=O)(=O)NCCc3nc4ccc(F)cc4n3C)cc2CC1. The zero-order valence-corrected chi connectivity index (χ0v) is 18.4. The number of carbonyl (C=O) groups is 1. The predicted octanol–water partition coefficient (Wildman–Crippen LogP) is 2.18. The maximum absolute atomic E-state index is 13.5. The summed E-state index contributed by atoms with van der Waals surface area (Å²) in [6.07, 6.45) is 1.73. The highest BCUT2D eigenvalue weighted by atomic mass is 32.2. The second-order valence-electron chi connectivity index (χ2n) is 7.80. The van der Waals surface area contributed by atoms with Crippen LogP contribution in [0.5, 0.6) is 0 Å². The van der Waals surface area contributed by atoms with Gasteiger partial charge in [-0.1, -0.05) is 6.07 Å². The van der Waals surface area contributed by atoms with Gasteiger partial charge in [0.25, 0.3) is 0 Å². The van der Waals surface area contributed by atoms with Gasteiger partial charge < -0.3 is 9.47 Å². The molecule has 1 N–H and O–H groups in total. The standard InChI is InChI=1S/C22H25FN4O3S/c1-15(28)27-11-8-16-3-5-19(13-17(16)9-12-27)31(29,30)24-10-7-22-25-20-6-4-18(23)14-21(20)26(22)2/h3-6,13-14,24H,7-12H2,1-2H3. The number of amides is 1. The number of benzene rings is 2. The summed E-state index contributed by atoms with van der Waals surface area (Å²) in [5.74, 6) is 0.374. The van der Waals surface area contributed by atoms with E-state index in [2.05, 4.69) is 9.71 Å². The predicted molar refractivity (Wildman–Crippen MR) is 116 cm³/mol. The van der Waals surface area contributed by atoms with E-state index in [4.69, 9.17) is 0 Å². The molecule has 0 atom stereocenters. The van der Waals surface area contributed by atoms with E-state index >= 15 is 0 Å². The molecule has 2 heterocycles. The van der Waals surface area contributed by atoms with E-state index < -0.39 is 10.0 Å². The van der Waals surface area contributed by atoms with Gasteiger partial charge in [0.1, 0.15) is 11.6 Å². The second kappa shape index (κ2) is 8.39. The van der Waals surface area contributed by atoms with Gasteiger partial charge in [-0.3, -0.25) is 4.79 Å². The molecule has 164 valence electrons. The Kier molecular flexibility index (Phi) is 5.81. The van der Waals surface area contributed by atoms with E-state index in [0.717, 1.165) is 17.5 Å². The third-order valence-corrected chi connectivity index (χ3v) is 7.27. The number of imidazole rings is 1. The lowest BCUT2D eigenvalue weighted by Gasteiger charge is -2.17. The average molecular weight is 445 g/mol. The molecule has 1 aliphatic rings. The summed E-state index contributed by atoms with van der Waals surface area (Å²) in [7, 11) is -1.90. The fourth-order valence-electron chi connectivity index (χ4n) is 4.00. The fourth-order valence-corrected chi connectivity index (χ4v) is 5.08. The summed E-state index contributed by atoms with van der Waals surface area (Å²) in [5.41, 5.74) is 3.38. The Hall–Kier alpha value is -2.78. The van der Waals surface area contributed by atoms with Gasteiger partial charge in [-0.25, -0.2) is 22.5 Å². The number of carbonyl (C=O) groups excluding carboxylic acids is 1. The third kappa shape index (κ3) is 4.47. The van der Waals surface area contributed by atoms with Gasteiger partial charge in [0.2, 0.25) is 15.9 Å². The number of hydrogen-bond acceptors (Lipinski definition) is 4. The molecule has 1 amide bonds. The van der Waals surface area contributed by atoms with E-state index in [1.807, 2.05) is 6.07 Å². The molecule has 7 nitrogen and oxygen atoms in total. The molecule has 1 aliphatic heterocycles. The van der Waals surface area contributed by atoms with Crippen LogP contribution in [-0.2, 0) is 41.1 Å². The first-order valence-corrected chi connectivity index (χ1v) is 11.7. The molecule has 0 fully saturated rings. The molecular formula is C22H25FN4O3S. The van der Waals surface area contributed by atoms with Crippen LogP contribution in [0.15, 0.2) is 41.3 Å². The van der Waals surface area contributed by atoms with Crippen molar-refractivity contribution in [2.75, 3.05) is 19.6 Å². The zero-order valence-electron chi connectivity index (χ0n) is 17.6. The second-order valence-corrected chi connectivity index (χ2v) is 9.57. The Balaban J connectivity index is 1.45. The molecule has 4 rings (SSSR count).